The third kappa shape index (κ3) is 3.97. The molecule has 2 aromatic heterocycles. The topological polar surface area (TPSA) is 88.4 Å². The van der Waals surface area contributed by atoms with Gasteiger partial charge in [0.05, 0.1) is 23.1 Å². The van der Waals surface area contributed by atoms with E-state index in [9.17, 15) is 13.2 Å². The third-order valence-electron chi connectivity index (χ3n) is 5.25. The highest BCUT2D eigenvalue weighted by Crippen LogP contribution is 2.24. The fraction of sp³-hybridized carbons (Fsp3) is 0.500. The van der Waals surface area contributed by atoms with Gasteiger partial charge in [-0.2, -0.15) is 5.10 Å². The first-order chi connectivity index (χ1) is 13.0. The summed E-state index contributed by atoms with van der Waals surface area (Å²) < 4.78 is 25.0. The zero-order valence-electron chi connectivity index (χ0n) is 15.1. The normalized spacial score (nSPS) is 22.6. The van der Waals surface area contributed by atoms with Gasteiger partial charge in [-0.25, -0.2) is 13.4 Å². The van der Waals surface area contributed by atoms with Crippen molar-refractivity contribution in [1.82, 2.24) is 19.7 Å². The molecule has 4 heterocycles. The molecule has 4 rings (SSSR count). The minimum atomic E-state index is -3.00. The van der Waals surface area contributed by atoms with E-state index >= 15 is 0 Å². The lowest BCUT2D eigenvalue weighted by Gasteiger charge is -2.33. The molecule has 2 aromatic rings. The zero-order chi connectivity index (χ0) is 18.9. The molecule has 1 unspecified atom stereocenters. The molecule has 0 aliphatic carbocycles. The van der Waals surface area contributed by atoms with Crippen molar-refractivity contribution in [3.63, 3.8) is 0 Å². The van der Waals surface area contributed by atoms with E-state index in [2.05, 4.69) is 15.0 Å². The van der Waals surface area contributed by atoms with Gasteiger partial charge in [0.1, 0.15) is 5.82 Å². The molecule has 0 N–H and O–H groups in total. The maximum Gasteiger partial charge on any atom is 0.255 e. The number of nitrogens with zero attached hydrogens (tertiary/aromatic N) is 5. The van der Waals surface area contributed by atoms with Gasteiger partial charge < -0.3 is 9.80 Å². The standard InChI is InChI=1S/C18H23N5O3S/c24-18(21-9-11-27(25,26)12-10-21)15-4-5-17(19-13-15)22-7-1-3-16(14-22)23-8-2-6-20-23/h2,4-6,8,13,16H,1,3,7,9-12,14H2. The number of pyridine rings is 1. The van der Waals surface area contributed by atoms with Gasteiger partial charge in [0.25, 0.3) is 5.91 Å². The molecule has 2 aliphatic heterocycles. The Balaban J connectivity index is 1.42. The van der Waals surface area contributed by atoms with Gasteiger partial charge in [0, 0.05) is 44.8 Å². The number of anilines is 1. The number of aromatic nitrogens is 3. The van der Waals surface area contributed by atoms with Crippen LogP contribution in [0.5, 0.6) is 0 Å². The minimum absolute atomic E-state index is 0.0346. The zero-order valence-corrected chi connectivity index (χ0v) is 15.9. The van der Waals surface area contributed by atoms with Crippen LogP contribution in [0.4, 0.5) is 5.82 Å². The van der Waals surface area contributed by atoms with Crippen LogP contribution in [0.2, 0.25) is 0 Å². The van der Waals surface area contributed by atoms with Crippen molar-refractivity contribution >= 4 is 21.6 Å². The number of piperidine rings is 1. The highest BCUT2D eigenvalue weighted by atomic mass is 32.2. The summed E-state index contributed by atoms with van der Waals surface area (Å²) >= 11 is 0. The Labute approximate surface area is 158 Å². The third-order valence-corrected chi connectivity index (χ3v) is 6.86. The van der Waals surface area contributed by atoms with Crippen molar-refractivity contribution in [3.8, 4) is 0 Å². The van der Waals surface area contributed by atoms with Crippen molar-refractivity contribution < 1.29 is 13.2 Å². The smallest absolute Gasteiger partial charge is 0.255 e. The number of hydrogen-bond acceptors (Lipinski definition) is 6. The first-order valence-electron chi connectivity index (χ1n) is 9.22. The van der Waals surface area contributed by atoms with E-state index in [0.29, 0.717) is 11.6 Å². The number of carbonyl (C=O) groups is 1. The van der Waals surface area contributed by atoms with Gasteiger partial charge in [-0.05, 0) is 31.0 Å². The Bertz CT molecular complexity index is 882. The molecule has 9 heteroatoms. The van der Waals surface area contributed by atoms with Crippen LogP contribution < -0.4 is 4.90 Å². The molecule has 2 fully saturated rings. The summed E-state index contributed by atoms with van der Waals surface area (Å²) in [6.45, 7) is 2.27. The molecule has 0 bridgehead atoms. The van der Waals surface area contributed by atoms with Crippen LogP contribution in [-0.2, 0) is 9.84 Å². The second-order valence-corrected chi connectivity index (χ2v) is 9.38. The highest BCUT2D eigenvalue weighted by molar-refractivity contribution is 7.91. The maximum absolute atomic E-state index is 12.6. The van der Waals surface area contributed by atoms with Crippen LogP contribution in [0.15, 0.2) is 36.8 Å². The van der Waals surface area contributed by atoms with Crippen molar-refractivity contribution in [2.75, 3.05) is 42.6 Å². The molecule has 8 nitrogen and oxygen atoms in total. The minimum Gasteiger partial charge on any atom is -0.354 e. The lowest BCUT2D eigenvalue weighted by molar-refractivity contribution is 0.0770. The number of sulfone groups is 1. The van der Waals surface area contributed by atoms with Crippen molar-refractivity contribution in [2.24, 2.45) is 0 Å². The van der Waals surface area contributed by atoms with Crippen LogP contribution in [0.1, 0.15) is 29.2 Å². The summed E-state index contributed by atoms with van der Waals surface area (Å²) in [5.74, 6) is 0.765. The van der Waals surface area contributed by atoms with Gasteiger partial charge in [0.15, 0.2) is 9.84 Å². The van der Waals surface area contributed by atoms with E-state index < -0.39 is 9.84 Å². The lowest BCUT2D eigenvalue weighted by atomic mass is 10.1. The van der Waals surface area contributed by atoms with Crippen LogP contribution >= 0.6 is 0 Å². The molecule has 0 spiro atoms. The average Bonchev–Trinajstić information content (AvgIpc) is 3.23. The Morgan fingerprint density at radius 3 is 2.63 bits per heavy atom. The van der Waals surface area contributed by atoms with E-state index in [-0.39, 0.29) is 30.5 Å². The highest BCUT2D eigenvalue weighted by Gasteiger charge is 2.26. The summed E-state index contributed by atoms with van der Waals surface area (Å²) in [4.78, 5) is 20.9. The Kier molecular flexibility index (Phi) is 4.86. The molecule has 27 heavy (non-hydrogen) atoms. The predicted molar refractivity (Wildman–Crippen MR) is 102 cm³/mol. The monoisotopic (exact) mass is 389 g/mol. The molecule has 144 valence electrons. The molecule has 1 amide bonds. The van der Waals surface area contributed by atoms with Crippen LogP contribution in [0, 0.1) is 0 Å². The number of carbonyl (C=O) groups excluding carboxylic acids is 1. The van der Waals surface area contributed by atoms with Gasteiger partial charge in [-0.3, -0.25) is 9.48 Å². The van der Waals surface area contributed by atoms with Gasteiger partial charge in [-0.1, -0.05) is 0 Å². The molecule has 2 aliphatic rings. The van der Waals surface area contributed by atoms with Crippen molar-refractivity contribution in [1.29, 1.82) is 0 Å². The Morgan fingerprint density at radius 2 is 1.96 bits per heavy atom. The molecule has 1 atom stereocenters. The second-order valence-electron chi connectivity index (χ2n) is 7.08. The van der Waals surface area contributed by atoms with E-state index in [4.69, 9.17) is 0 Å². The largest absolute Gasteiger partial charge is 0.354 e. The van der Waals surface area contributed by atoms with E-state index in [0.717, 1.165) is 31.7 Å². The molecule has 0 aromatic carbocycles. The van der Waals surface area contributed by atoms with Gasteiger partial charge in [-0.15, -0.1) is 0 Å². The van der Waals surface area contributed by atoms with Crippen LogP contribution in [0.25, 0.3) is 0 Å². The second kappa shape index (κ2) is 7.30. The first-order valence-corrected chi connectivity index (χ1v) is 11.0. The van der Waals surface area contributed by atoms with Crippen molar-refractivity contribution in [2.45, 2.75) is 18.9 Å². The first kappa shape index (κ1) is 18.0. The summed E-state index contributed by atoms with van der Waals surface area (Å²) in [6.07, 6.45) is 7.53. The summed E-state index contributed by atoms with van der Waals surface area (Å²) in [7, 11) is -3.00. The number of rotatable bonds is 3. The fourth-order valence-electron chi connectivity index (χ4n) is 3.67. The number of hydrogen-bond donors (Lipinski definition) is 0. The summed E-state index contributed by atoms with van der Waals surface area (Å²) in [5, 5.41) is 4.34. The SMILES string of the molecule is O=C(c1ccc(N2CCCC(n3cccn3)C2)nc1)N1CCS(=O)(=O)CC1. The summed E-state index contributed by atoms with van der Waals surface area (Å²) in [5.41, 5.74) is 0.499. The van der Waals surface area contributed by atoms with E-state index in [1.54, 1.807) is 23.4 Å². The Hall–Kier alpha value is -2.42. The van der Waals surface area contributed by atoms with Gasteiger partial charge >= 0.3 is 0 Å². The lowest BCUT2D eigenvalue weighted by Crippen LogP contribution is -2.43. The van der Waals surface area contributed by atoms with Crippen molar-refractivity contribution in [3.05, 3.63) is 42.4 Å². The van der Waals surface area contributed by atoms with Crippen LogP contribution in [-0.4, -0.2) is 71.7 Å². The molecular formula is C18H23N5O3S. The quantitative estimate of drug-likeness (QED) is 0.778. The van der Waals surface area contributed by atoms with Crippen LogP contribution in [0.3, 0.4) is 0 Å². The molecular weight excluding hydrogens is 366 g/mol. The summed E-state index contributed by atoms with van der Waals surface area (Å²) in [6, 6.07) is 5.92. The maximum atomic E-state index is 12.6. The van der Waals surface area contributed by atoms with E-state index in [1.165, 1.54) is 0 Å². The average molecular weight is 389 g/mol. The van der Waals surface area contributed by atoms with E-state index in [1.807, 2.05) is 23.0 Å². The number of amides is 1. The van der Waals surface area contributed by atoms with Gasteiger partial charge in [0.2, 0.25) is 0 Å². The predicted octanol–water partition coefficient (Wildman–Crippen LogP) is 0.990. The molecule has 0 saturated carbocycles. The Morgan fingerprint density at radius 1 is 1.15 bits per heavy atom. The molecule has 2 saturated heterocycles. The fourth-order valence-corrected chi connectivity index (χ4v) is 4.87. The molecule has 0 radical (unpaired) electrons.